The zero-order valence-corrected chi connectivity index (χ0v) is 11.3. The van der Waals surface area contributed by atoms with E-state index < -0.39 is 0 Å². The standard InChI is InChI=1S/C12H15Cl2NO2/c1-3-17-12(16)8(2)15-7-9-5-4-6-10(13)11(9)14/h4-6,8,15H,3,7H2,1-2H3. The number of halogens is 2. The van der Waals surface area contributed by atoms with Crippen molar-refractivity contribution in [1.29, 1.82) is 0 Å². The molecule has 1 aromatic carbocycles. The van der Waals surface area contributed by atoms with Crippen molar-refractivity contribution in [2.45, 2.75) is 26.4 Å². The van der Waals surface area contributed by atoms with Gasteiger partial charge in [0.2, 0.25) is 0 Å². The molecule has 0 bridgehead atoms. The molecule has 1 aromatic rings. The third-order valence-electron chi connectivity index (χ3n) is 2.27. The number of nitrogens with one attached hydrogen (secondary N) is 1. The van der Waals surface area contributed by atoms with Crippen LogP contribution in [0.25, 0.3) is 0 Å². The molecule has 0 radical (unpaired) electrons. The Morgan fingerprint density at radius 2 is 2.18 bits per heavy atom. The lowest BCUT2D eigenvalue weighted by atomic mass is 10.2. The SMILES string of the molecule is CCOC(=O)C(C)NCc1cccc(Cl)c1Cl. The highest BCUT2D eigenvalue weighted by Crippen LogP contribution is 2.25. The molecule has 1 rings (SSSR count). The van der Waals surface area contributed by atoms with Crippen LogP contribution in [0.4, 0.5) is 0 Å². The van der Waals surface area contributed by atoms with Crippen molar-refractivity contribution < 1.29 is 9.53 Å². The molecule has 94 valence electrons. The van der Waals surface area contributed by atoms with Crippen LogP contribution in [-0.2, 0) is 16.1 Å². The highest BCUT2D eigenvalue weighted by Gasteiger charge is 2.13. The van der Waals surface area contributed by atoms with Crippen LogP contribution in [0.3, 0.4) is 0 Å². The first-order chi connectivity index (χ1) is 8.06. The Balaban J connectivity index is 2.56. The first kappa shape index (κ1) is 14.3. The summed E-state index contributed by atoms with van der Waals surface area (Å²) in [5.41, 5.74) is 0.857. The minimum Gasteiger partial charge on any atom is -0.465 e. The molecule has 0 aliphatic heterocycles. The van der Waals surface area contributed by atoms with Gasteiger partial charge < -0.3 is 10.1 Å². The van der Waals surface area contributed by atoms with Gasteiger partial charge in [0.05, 0.1) is 16.7 Å². The van der Waals surface area contributed by atoms with Gasteiger partial charge in [0, 0.05) is 6.54 Å². The summed E-state index contributed by atoms with van der Waals surface area (Å²) in [7, 11) is 0. The first-order valence-corrected chi connectivity index (χ1v) is 6.14. The second-order valence-electron chi connectivity index (χ2n) is 3.57. The van der Waals surface area contributed by atoms with Crippen molar-refractivity contribution >= 4 is 29.2 Å². The minimum atomic E-state index is -0.370. The van der Waals surface area contributed by atoms with E-state index in [9.17, 15) is 4.79 Å². The second-order valence-corrected chi connectivity index (χ2v) is 4.35. The van der Waals surface area contributed by atoms with Gasteiger partial charge in [-0.25, -0.2) is 0 Å². The number of hydrogen-bond acceptors (Lipinski definition) is 3. The summed E-state index contributed by atoms with van der Waals surface area (Å²) in [6.07, 6.45) is 0. The molecule has 0 heterocycles. The van der Waals surface area contributed by atoms with Gasteiger partial charge >= 0.3 is 5.97 Å². The molecule has 0 saturated heterocycles. The largest absolute Gasteiger partial charge is 0.465 e. The van der Waals surface area contributed by atoms with E-state index in [-0.39, 0.29) is 12.0 Å². The third kappa shape index (κ3) is 4.19. The highest BCUT2D eigenvalue weighted by molar-refractivity contribution is 6.42. The zero-order valence-electron chi connectivity index (χ0n) is 9.80. The summed E-state index contributed by atoms with van der Waals surface area (Å²) < 4.78 is 4.89. The third-order valence-corrected chi connectivity index (χ3v) is 3.13. The minimum absolute atomic E-state index is 0.273. The maximum Gasteiger partial charge on any atom is 0.322 e. The van der Waals surface area contributed by atoms with Gasteiger partial charge in [-0.05, 0) is 25.5 Å². The van der Waals surface area contributed by atoms with Crippen molar-refractivity contribution in [3.63, 3.8) is 0 Å². The van der Waals surface area contributed by atoms with Crippen LogP contribution in [0.1, 0.15) is 19.4 Å². The van der Waals surface area contributed by atoms with Gasteiger partial charge in [-0.2, -0.15) is 0 Å². The number of rotatable bonds is 5. The summed E-state index contributed by atoms with van der Waals surface area (Å²) in [6, 6.07) is 5.03. The van der Waals surface area contributed by atoms with E-state index in [1.165, 1.54) is 0 Å². The Morgan fingerprint density at radius 3 is 2.82 bits per heavy atom. The summed E-state index contributed by atoms with van der Waals surface area (Å²) in [5.74, 6) is -0.273. The molecule has 1 N–H and O–H groups in total. The van der Waals surface area contributed by atoms with Gasteiger partial charge in [0.25, 0.3) is 0 Å². The normalized spacial score (nSPS) is 12.2. The van der Waals surface area contributed by atoms with Crippen LogP contribution in [0, 0.1) is 0 Å². The number of hydrogen-bond donors (Lipinski definition) is 1. The Kier molecular flexibility index (Phi) is 5.75. The zero-order chi connectivity index (χ0) is 12.8. The fraction of sp³-hybridized carbons (Fsp3) is 0.417. The molecule has 1 unspecified atom stereocenters. The molecule has 5 heteroatoms. The first-order valence-electron chi connectivity index (χ1n) is 5.39. The van der Waals surface area contributed by atoms with Crippen molar-refractivity contribution in [3.05, 3.63) is 33.8 Å². The molecular weight excluding hydrogens is 261 g/mol. The van der Waals surface area contributed by atoms with Crippen LogP contribution in [-0.4, -0.2) is 18.6 Å². The fourth-order valence-electron chi connectivity index (χ4n) is 1.30. The molecular formula is C12H15Cl2NO2. The molecule has 0 amide bonds. The lowest BCUT2D eigenvalue weighted by Gasteiger charge is -2.13. The lowest BCUT2D eigenvalue weighted by Crippen LogP contribution is -2.34. The van der Waals surface area contributed by atoms with Gasteiger partial charge in [0.15, 0.2) is 0 Å². The Bertz CT molecular complexity index is 396. The smallest absolute Gasteiger partial charge is 0.322 e. The van der Waals surface area contributed by atoms with Crippen molar-refractivity contribution in [2.24, 2.45) is 0 Å². The van der Waals surface area contributed by atoms with E-state index in [2.05, 4.69) is 5.32 Å². The number of carbonyl (C=O) groups excluding carboxylic acids is 1. The Morgan fingerprint density at radius 1 is 1.47 bits per heavy atom. The fourth-order valence-corrected chi connectivity index (χ4v) is 1.69. The maximum atomic E-state index is 11.4. The lowest BCUT2D eigenvalue weighted by molar-refractivity contribution is -0.145. The predicted octanol–water partition coefficient (Wildman–Crippen LogP) is 3.03. The van der Waals surface area contributed by atoms with E-state index in [1.54, 1.807) is 19.9 Å². The van der Waals surface area contributed by atoms with Gasteiger partial charge in [0.1, 0.15) is 6.04 Å². The Labute approximate surface area is 111 Å². The molecule has 0 fully saturated rings. The molecule has 0 aliphatic rings. The molecule has 0 aliphatic carbocycles. The van der Waals surface area contributed by atoms with Crippen LogP contribution < -0.4 is 5.32 Å². The second kappa shape index (κ2) is 6.84. The average molecular weight is 276 g/mol. The molecule has 17 heavy (non-hydrogen) atoms. The van der Waals surface area contributed by atoms with E-state index in [0.29, 0.717) is 23.2 Å². The summed E-state index contributed by atoms with van der Waals surface area (Å²) >= 11 is 11.9. The van der Waals surface area contributed by atoms with Crippen LogP contribution >= 0.6 is 23.2 Å². The molecule has 0 spiro atoms. The van der Waals surface area contributed by atoms with Crippen LogP contribution in [0.15, 0.2) is 18.2 Å². The quantitative estimate of drug-likeness (QED) is 0.840. The summed E-state index contributed by atoms with van der Waals surface area (Å²) in [6.45, 7) is 4.37. The number of esters is 1. The van der Waals surface area contributed by atoms with Gasteiger partial charge in [-0.15, -0.1) is 0 Å². The monoisotopic (exact) mass is 275 g/mol. The predicted molar refractivity (Wildman–Crippen MR) is 69.4 cm³/mol. The maximum absolute atomic E-state index is 11.4. The van der Waals surface area contributed by atoms with Crippen molar-refractivity contribution in [2.75, 3.05) is 6.61 Å². The van der Waals surface area contributed by atoms with Gasteiger partial charge in [-0.3, -0.25) is 4.79 Å². The highest BCUT2D eigenvalue weighted by atomic mass is 35.5. The Hall–Kier alpha value is -0.770. The van der Waals surface area contributed by atoms with Crippen LogP contribution in [0.5, 0.6) is 0 Å². The topological polar surface area (TPSA) is 38.3 Å². The summed E-state index contributed by atoms with van der Waals surface area (Å²) in [4.78, 5) is 11.4. The van der Waals surface area contributed by atoms with E-state index in [0.717, 1.165) is 5.56 Å². The van der Waals surface area contributed by atoms with E-state index in [4.69, 9.17) is 27.9 Å². The molecule has 1 atom stereocenters. The van der Waals surface area contributed by atoms with Crippen molar-refractivity contribution in [1.82, 2.24) is 5.32 Å². The van der Waals surface area contributed by atoms with Crippen LogP contribution in [0.2, 0.25) is 10.0 Å². The van der Waals surface area contributed by atoms with E-state index in [1.807, 2.05) is 12.1 Å². The molecule has 0 aromatic heterocycles. The summed E-state index contributed by atoms with van der Waals surface area (Å²) in [5, 5.41) is 4.05. The van der Waals surface area contributed by atoms with E-state index >= 15 is 0 Å². The number of ether oxygens (including phenoxy) is 1. The number of carbonyl (C=O) groups is 1. The molecule has 0 saturated carbocycles. The number of benzene rings is 1. The average Bonchev–Trinajstić information content (AvgIpc) is 2.31. The van der Waals surface area contributed by atoms with Crippen molar-refractivity contribution in [3.8, 4) is 0 Å². The molecule has 3 nitrogen and oxygen atoms in total. The van der Waals surface area contributed by atoms with Gasteiger partial charge in [-0.1, -0.05) is 35.3 Å².